The van der Waals surface area contributed by atoms with Crippen LogP contribution < -0.4 is 0 Å². The van der Waals surface area contributed by atoms with Crippen molar-refractivity contribution in [3.63, 3.8) is 0 Å². The molecule has 1 aliphatic heterocycles. The zero-order valence-corrected chi connectivity index (χ0v) is 11.8. The van der Waals surface area contributed by atoms with Gasteiger partial charge in [-0.15, -0.1) is 0 Å². The van der Waals surface area contributed by atoms with Crippen LogP contribution in [0.5, 0.6) is 0 Å². The first-order chi connectivity index (χ1) is 9.45. The van der Waals surface area contributed by atoms with Crippen molar-refractivity contribution in [3.05, 3.63) is 35.4 Å². The van der Waals surface area contributed by atoms with Gasteiger partial charge in [0.05, 0.1) is 17.7 Å². The Morgan fingerprint density at radius 2 is 2.05 bits per heavy atom. The minimum Gasteiger partial charge on any atom is -0.377 e. The van der Waals surface area contributed by atoms with Crippen molar-refractivity contribution in [2.75, 3.05) is 26.7 Å². The van der Waals surface area contributed by atoms with Gasteiger partial charge in [-0.3, -0.25) is 9.69 Å². The number of hydrogen-bond donors (Lipinski definition) is 0. The average Bonchev–Trinajstić information content (AvgIpc) is 2.38. The Morgan fingerprint density at radius 1 is 1.40 bits per heavy atom. The number of hydrogen-bond acceptors (Lipinski definition) is 3. The van der Waals surface area contributed by atoms with Crippen LogP contribution in [-0.4, -0.2) is 43.0 Å². The molecule has 0 radical (unpaired) electrons. The van der Waals surface area contributed by atoms with E-state index in [1.165, 1.54) is 6.07 Å². The van der Waals surface area contributed by atoms with Crippen molar-refractivity contribution >= 4 is 5.78 Å². The second kappa shape index (κ2) is 5.97. The summed E-state index contributed by atoms with van der Waals surface area (Å²) in [4.78, 5) is 14.0. The zero-order chi connectivity index (χ0) is 14.8. The van der Waals surface area contributed by atoms with Gasteiger partial charge in [-0.2, -0.15) is 0 Å². The van der Waals surface area contributed by atoms with Crippen molar-refractivity contribution in [2.24, 2.45) is 0 Å². The second-order valence-corrected chi connectivity index (χ2v) is 5.49. The van der Waals surface area contributed by atoms with Crippen molar-refractivity contribution in [1.29, 1.82) is 0 Å². The Morgan fingerprint density at radius 3 is 2.65 bits per heavy atom. The van der Waals surface area contributed by atoms with Gasteiger partial charge in [0.25, 0.3) is 0 Å². The lowest BCUT2D eigenvalue weighted by molar-refractivity contribution is -0.0485. The lowest BCUT2D eigenvalue weighted by atomic mass is 9.94. The molecule has 3 nitrogen and oxygen atoms in total. The maximum Gasteiger partial charge on any atom is 0.182 e. The van der Waals surface area contributed by atoms with Crippen molar-refractivity contribution in [1.82, 2.24) is 4.90 Å². The van der Waals surface area contributed by atoms with Crippen LogP contribution in [0.3, 0.4) is 0 Å². The topological polar surface area (TPSA) is 29.5 Å². The maximum absolute atomic E-state index is 13.6. The molecule has 0 bridgehead atoms. The molecule has 110 valence electrons. The number of piperidine rings is 1. The Hall–Kier alpha value is -1.33. The predicted molar refractivity (Wildman–Crippen MR) is 71.8 cm³/mol. The van der Waals surface area contributed by atoms with E-state index in [1.54, 1.807) is 7.11 Å². The SMILES string of the molecule is COC1(C)CCCN(CC(=O)c2c(F)cccc2F)C1. The second-order valence-electron chi connectivity index (χ2n) is 5.49. The molecule has 0 amide bonds. The Bertz CT molecular complexity index is 486. The summed E-state index contributed by atoms with van der Waals surface area (Å²) in [5, 5.41) is 0. The highest BCUT2D eigenvalue weighted by Gasteiger charge is 2.32. The molecule has 0 aromatic heterocycles. The smallest absolute Gasteiger partial charge is 0.182 e. The van der Waals surface area contributed by atoms with Gasteiger partial charge in [-0.1, -0.05) is 6.07 Å². The quantitative estimate of drug-likeness (QED) is 0.796. The Kier molecular flexibility index (Phi) is 4.50. The number of benzene rings is 1. The average molecular weight is 283 g/mol. The molecule has 1 atom stereocenters. The van der Waals surface area contributed by atoms with E-state index < -0.39 is 23.0 Å². The molecule has 2 rings (SSSR count). The number of rotatable bonds is 4. The van der Waals surface area contributed by atoms with Gasteiger partial charge in [0.15, 0.2) is 5.78 Å². The molecule has 1 heterocycles. The molecule has 1 unspecified atom stereocenters. The van der Waals surface area contributed by atoms with Gasteiger partial charge in [0, 0.05) is 13.7 Å². The first kappa shape index (κ1) is 15.1. The number of nitrogens with zero attached hydrogens (tertiary/aromatic N) is 1. The summed E-state index contributed by atoms with van der Waals surface area (Å²) in [6, 6.07) is 3.46. The minimum atomic E-state index is -0.804. The first-order valence-electron chi connectivity index (χ1n) is 6.70. The van der Waals surface area contributed by atoms with Crippen LogP contribution in [0.2, 0.25) is 0 Å². The molecule has 0 N–H and O–H groups in total. The fourth-order valence-corrected chi connectivity index (χ4v) is 2.66. The molecule has 1 aromatic rings. The van der Waals surface area contributed by atoms with Gasteiger partial charge in [0.1, 0.15) is 11.6 Å². The number of ketones is 1. The van der Waals surface area contributed by atoms with Crippen LogP contribution in [0.15, 0.2) is 18.2 Å². The van der Waals surface area contributed by atoms with E-state index in [0.29, 0.717) is 6.54 Å². The third kappa shape index (κ3) is 3.22. The number of Topliss-reactive ketones (excluding diaryl/α,β-unsaturated/α-hetero) is 1. The first-order valence-corrected chi connectivity index (χ1v) is 6.70. The minimum absolute atomic E-state index is 0.0107. The normalized spacial score (nSPS) is 23.8. The standard InChI is InChI=1S/C15H19F2NO2/c1-15(20-2)7-4-8-18(10-15)9-13(19)14-11(16)5-3-6-12(14)17/h3,5-6H,4,7-10H2,1-2H3. The van der Waals surface area contributed by atoms with E-state index in [2.05, 4.69) is 0 Å². The summed E-state index contributed by atoms with van der Waals surface area (Å²) in [5.74, 6) is -2.14. The summed E-state index contributed by atoms with van der Waals surface area (Å²) >= 11 is 0. The van der Waals surface area contributed by atoms with Crippen LogP contribution in [0, 0.1) is 11.6 Å². The number of methoxy groups -OCH3 is 1. The van der Waals surface area contributed by atoms with E-state index in [9.17, 15) is 13.6 Å². The fraction of sp³-hybridized carbons (Fsp3) is 0.533. The van der Waals surface area contributed by atoms with Gasteiger partial charge in [0.2, 0.25) is 0 Å². The monoisotopic (exact) mass is 283 g/mol. The maximum atomic E-state index is 13.6. The summed E-state index contributed by atoms with van der Waals surface area (Å²) in [7, 11) is 1.64. The van der Waals surface area contributed by atoms with Gasteiger partial charge in [-0.25, -0.2) is 8.78 Å². The largest absolute Gasteiger partial charge is 0.377 e. The molecule has 0 saturated carbocycles. The number of carbonyl (C=O) groups is 1. The summed E-state index contributed by atoms with van der Waals surface area (Å²) < 4.78 is 32.6. The van der Waals surface area contributed by atoms with Crippen LogP contribution in [0.25, 0.3) is 0 Å². The number of likely N-dealkylation sites (tertiary alicyclic amines) is 1. The highest BCUT2D eigenvalue weighted by Crippen LogP contribution is 2.24. The van der Waals surface area contributed by atoms with Crippen molar-refractivity contribution < 1.29 is 18.3 Å². The third-order valence-electron chi connectivity index (χ3n) is 3.84. The zero-order valence-electron chi connectivity index (χ0n) is 11.8. The molecule has 1 fully saturated rings. The lowest BCUT2D eigenvalue weighted by Gasteiger charge is -2.39. The molecular formula is C15H19F2NO2. The molecule has 0 aliphatic carbocycles. The molecule has 20 heavy (non-hydrogen) atoms. The summed E-state index contributed by atoms with van der Waals surface area (Å²) in [5.41, 5.74) is -0.746. The van der Waals surface area contributed by atoms with Gasteiger partial charge < -0.3 is 4.74 Å². The molecule has 1 aromatic carbocycles. The van der Waals surface area contributed by atoms with Crippen molar-refractivity contribution in [3.8, 4) is 0 Å². The summed E-state index contributed by atoms with van der Waals surface area (Å²) in [6.45, 7) is 3.32. The molecule has 1 saturated heterocycles. The third-order valence-corrected chi connectivity index (χ3v) is 3.84. The Labute approximate surface area is 117 Å². The fourth-order valence-electron chi connectivity index (χ4n) is 2.66. The highest BCUT2D eigenvalue weighted by atomic mass is 19.1. The van der Waals surface area contributed by atoms with Crippen LogP contribution >= 0.6 is 0 Å². The van der Waals surface area contributed by atoms with E-state index in [4.69, 9.17) is 4.74 Å². The summed E-state index contributed by atoms with van der Waals surface area (Å²) in [6.07, 6.45) is 1.82. The number of carbonyl (C=O) groups excluding carboxylic acids is 1. The van der Waals surface area contributed by atoms with E-state index in [1.807, 2.05) is 11.8 Å². The Balaban J connectivity index is 2.08. The van der Waals surface area contributed by atoms with Crippen LogP contribution in [0.1, 0.15) is 30.1 Å². The number of halogens is 2. The molecular weight excluding hydrogens is 264 g/mol. The van der Waals surface area contributed by atoms with Gasteiger partial charge in [-0.05, 0) is 38.4 Å². The van der Waals surface area contributed by atoms with Crippen LogP contribution in [0.4, 0.5) is 8.78 Å². The lowest BCUT2D eigenvalue weighted by Crippen LogP contribution is -2.48. The number of ether oxygens (including phenoxy) is 1. The van der Waals surface area contributed by atoms with E-state index >= 15 is 0 Å². The van der Waals surface area contributed by atoms with E-state index in [0.717, 1.165) is 31.5 Å². The van der Waals surface area contributed by atoms with Gasteiger partial charge >= 0.3 is 0 Å². The molecule has 0 spiro atoms. The predicted octanol–water partition coefficient (Wildman–Crippen LogP) is 2.65. The van der Waals surface area contributed by atoms with E-state index in [-0.39, 0.29) is 12.1 Å². The molecule has 1 aliphatic rings. The van der Waals surface area contributed by atoms with Crippen molar-refractivity contribution in [2.45, 2.75) is 25.4 Å². The molecule has 5 heteroatoms. The highest BCUT2D eigenvalue weighted by molar-refractivity contribution is 5.98. The van der Waals surface area contributed by atoms with Crippen LogP contribution in [-0.2, 0) is 4.74 Å².